The summed E-state index contributed by atoms with van der Waals surface area (Å²) in [7, 11) is 0. The fourth-order valence-electron chi connectivity index (χ4n) is 1.54. The average Bonchev–Trinajstić information content (AvgIpc) is 3.27. The van der Waals surface area contributed by atoms with Crippen LogP contribution >= 0.6 is 0 Å². The first-order valence-corrected chi connectivity index (χ1v) is 7.81. The van der Waals surface area contributed by atoms with Crippen molar-refractivity contribution in [3.8, 4) is 0 Å². The average molecular weight is 355 g/mol. The van der Waals surface area contributed by atoms with Crippen LogP contribution in [-0.4, -0.2) is 13.2 Å². The first-order valence-electron chi connectivity index (χ1n) is 7.81. The van der Waals surface area contributed by atoms with Gasteiger partial charge in [0, 0.05) is 13.2 Å². The molecule has 1 aliphatic heterocycles. The van der Waals surface area contributed by atoms with Gasteiger partial charge in [0.2, 0.25) is 0 Å². The maximum atomic E-state index is 4.94. The van der Waals surface area contributed by atoms with Gasteiger partial charge in [0.05, 0.1) is 0 Å². The van der Waals surface area contributed by atoms with Crippen LogP contribution in [0.4, 0.5) is 0 Å². The number of hydrogen-bond acceptors (Lipinski definition) is 1. The maximum Gasteiger partial charge on any atom is 3.00 e. The van der Waals surface area contributed by atoms with Crippen LogP contribution in [0.5, 0.6) is 0 Å². The molecular weight excluding hydrogens is 332 g/mol. The van der Waals surface area contributed by atoms with Crippen molar-refractivity contribution in [2.75, 3.05) is 13.2 Å². The minimum absolute atomic E-state index is 0. The third kappa shape index (κ3) is 16.5. The van der Waals surface area contributed by atoms with Gasteiger partial charge in [-0.05, 0) is 12.8 Å². The third-order valence-electron chi connectivity index (χ3n) is 2.65. The van der Waals surface area contributed by atoms with E-state index in [1.54, 1.807) is 0 Å². The molecule has 24 heavy (non-hydrogen) atoms. The Balaban J connectivity index is 0.000000291. The van der Waals surface area contributed by atoms with Gasteiger partial charge in [-0.15, -0.1) is 0 Å². The minimum Gasteiger partial charge on any atom is -0.381 e. The van der Waals surface area contributed by atoms with Crippen LogP contribution in [0, 0.1) is 18.2 Å². The molecule has 0 N–H and O–H groups in total. The van der Waals surface area contributed by atoms with E-state index in [-0.39, 0.29) is 17.4 Å². The van der Waals surface area contributed by atoms with E-state index < -0.39 is 0 Å². The number of ether oxygens (including phenoxy) is 1. The zero-order valence-electron chi connectivity index (χ0n) is 13.8. The van der Waals surface area contributed by atoms with Gasteiger partial charge in [-0.25, -0.2) is 0 Å². The summed E-state index contributed by atoms with van der Waals surface area (Å²) in [5.41, 5.74) is 0. The molecule has 0 amide bonds. The van der Waals surface area contributed by atoms with Crippen LogP contribution in [0.2, 0.25) is 0 Å². The van der Waals surface area contributed by atoms with Crippen LogP contribution < -0.4 is 0 Å². The van der Waals surface area contributed by atoms with Crippen molar-refractivity contribution in [1.29, 1.82) is 0 Å². The Kier molecular flexibility index (Phi) is 17.7. The molecule has 0 aromatic heterocycles. The molecule has 123 valence electrons. The normalized spacial score (nSPS) is 11.0. The van der Waals surface area contributed by atoms with E-state index >= 15 is 0 Å². The van der Waals surface area contributed by atoms with E-state index in [1.165, 1.54) is 12.8 Å². The van der Waals surface area contributed by atoms with Gasteiger partial charge in [-0.2, -0.15) is 109 Å². The first kappa shape index (κ1) is 22.2. The molecule has 0 spiro atoms. The maximum absolute atomic E-state index is 4.94. The molecule has 0 unspecified atom stereocenters. The van der Waals surface area contributed by atoms with E-state index in [2.05, 4.69) is 18.2 Å². The number of hydrogen-bond donors (Lipinski definition) is 0. The van der Waals surface area contributed by atoms with Crippen molar-refractivity contribution >= 4 is 0 Å². The second-order valence-corrected chi connectivity index (χ2v) is 4.55. The van der Waals surface area contributed by atoms with E-state index in [4.69, 9.17) is 4.74 Å². The van der Waals surface area contributed by atoms with Crippen LogP contribution in [-0.2, 0) is 22.1 Å². The van der Waals surface area contributed by atoms with E-state index in [0.717, 1.165) is 13.2 Å². The summed E-state index contributed by atoms with van der Waals surface area (Å²) in [4.78, 5) is 0. The predicted octanol–water partition coefficient (Wildman–Crippen LogP) is 5.25. The van der Waals surface area contributed by atoms with Crippen molar-refractivity contribution in [3.05, 3.63) is 109 Å². The largest absolute Gasteiger partial charge is 3.00 e. The predicted molar refractivity (Wildman–Crippen MR) is 95.9 cm³/mol. The summed E-state index contributed by atoms with van der Waals surface area (Å²) in [5.74, 6) is 0. The Morgan fingerprint density at radius 1 is 0.458 bits per heavy atom. The molecule has 4 rings (SSSR count). The fourth-order valence-corrected chi connectivity index (χ4v) is 1.54. The molecule has 3 aromatic carbocycles. The summed E-state index contributed by atoms with van der Waals surface area (Å²) in [6.45, 7) is 2.00. The summed E-state index contributed by atoms with van der Waals surface area (Å²) in [5, 5.41) is 0. The molecule has 3 aromatic rings. The Labute approximate surface area is 157 Å². The Hall–Kier alpha value is -1.85. The van der Waals surface area contributed by atoms with Crippen molar-refractivity contribution in [1.82, 2.24) is 0 Å². The zero-order valence-corrected chi connectivity index (χ0v) is 15.1. The van der Waals surface area contributed by atoms with Crippen LogP contribution in [0.3, 0.4) is 0 Å². The standard InChI is InChI=1S/3C6H5.C4H8O.Cr/c3*1-2-4-6-5-3-1;1-2-4-5-3-1;/h3*1-5H;1-4H2;/q3*-1;;+3. The molecule has 1 heterocycles. The fraction of sp³-hybridized carbons (Fsp3) is 0.182. The Morgan fingerprint density at radius 2 is 0.750 bits per heavy atom. The van der Waals surface area contributed by atoms with Gasteiger partial charge < -0.3 is 4.74 Å². The molecule has 1 saturated heterocycles. The van der Waals surface area contributed by atoms with Crippen molar-refractivity contribution in [3.63, 3.8) is 0 Å². The number of rotatable bonds is 0. The summed E-state index contributed by atoms with van der Waals surface area (Å²) in [6, 6.07) is 37.5. The quantitative estimate of drug-likeness (QED) is 0.500. The Morgan fingerprint density at radius 3 is 0.833 bits per heavy atom. The van der Waals surface area contributed by atoms with Crippen molar-refractivity contribution in [2.45, 2.75) is 12.8 Å². The molecule has 0 aliphatic carbocycles. The van der Waals surface area contributed by atoms with Gasteiger partial charge >= 0.3 is 17.4 Å². The Bertz CT molecular complexity index is 362. The molecule has 1 nitrogen and oxygen atoms in total. The topological polar surface area (TPSA) is 9.23 Å². The molecule has 1 fully saturated rings. The van der Waals surface area contributed by atoms with Gasteiger partial charge in [-0.3, -0.25) is 0 Å². The first-order chi connectivity index (χ1) is 11.5. The monoisotopic (exact) mass is 355 g/mol. The summed E-state index contributed by atoms with van der Waals surface area (Å²) >= 11 is 0. The van der Waals surface area contributed by atoms with E-state index in [1.807, 2.05) is 91.0 Å². The van der Waals surface area contributed by atoms with E-state index in [0.29, 0.717) is 0 Å². The van der Waals surface area contributed by atoms with Crippen molar-refractivity contribution in [2.24, 2.45) is 0 Å². The van der Waals surface area contributed by atoms with Gasteiger partial charge in [-0.1, -0.05) is 0 Å². The molecule has 2 heteroatoms. The summed E-state index contributed by atoms with van der Waals surface area (Å²) < 4.78 is 4.94. The van der Waals surface area contributed by atoms with Crippen molar-refractivity contribution < 1.29 is 22.1 Å². The molecule has 0 bridgehead atoms. The molecule has 1 radical (unpaired) electrons. The van der Waals surface area contributed by atoms with Gasteiger partial charge in [0.1, 0.15) is 0 Å². The molecule has 0 saturated carbocycles. The molecule has 1 aliphatic rings. The molecular formula is C22H23CrO. The second kappa shape index (κ2) is 19.2. The van der Waals surface area contributed by atoms with E-state index in [9.17, 15) is 0 Å². The van der Waals surface area contributed by atoms with Crippen LogP contribution in [0.15, 0.2) is 91.0 Å². The SMILES string of the molecule is C1CCOC1.[Cr+3].[c-]1ccccc1.[c-]1ccccc1.[c-]1ccccc1. The number of benzene rings is 3. The molecule has 0 atom stereocenters. The third-order valence-corrected chi connectivity index (χ3v) is 2.65. The van der Waals surface area contributed by atoms with Crippen LogP contribution in [0.25, 0.3) is 0 Å². The minimum atomic E-state index is 0. The van der Waals surface area contributed by atoms with Gasteiger partial charge in [0.25, 0.3) is 0 Å². The zero-order chi connectivity index (χ0) is 16.3. The van der Waals surface area contributed by atoms with Gasteiger partial charge in [0.15, 0.2) is 0 Å². The smallest absolute Gasteiger partial charge is 0.381 e. The summed E-state index contributed by atoms with van der Waals surface area (Å²) in [6.07, 6.45) is 2.56. The van der Waals surface area contributed by atoms with Crippen LogP contribution in [0.1, 0.15) is 12.8 Å². The second-order valence-electron chi connectivity index (χ2n) is 4.55.